The summed E-state index contributed by atoms with van der Waals surface area (Å²) >= 11 is 1.39. The molecule has 0 amide bonds. The van der Waals surface area contributed by atoms with E-state index in [0.717, 1.165) is 11.7 Å². The molecule has 0 aliphatic heterocycles. The van der Waals surface area contributed by atoms with Crippen LogP contribution >= 0.6 is 11.8 Å². The normalized spacial score (nSPS) is 10.8. The van der Waals surface area contributed by atoms with Crippen LogP contribution in [0.2, 0.25) is 0 Å². The van der Waals surface area contributed by atoms with Gasteiger partial charge in [0.1, 0.15) is 0 Å². The van der Waals surface area contributed by atoms with Crippen LogP contribution in [-0.4, -0.2) is 20.5 Å². The molecule has 0 aliphatic carbocycles. The number of aromatic nitrogens is 3. The molecule has 0 saturated carbocycles. The molecule has 94 valence electrons. The van der Waals surface area contributed by atoms with Gasteiger partial charge in [-0.1, -0.05) is 25.6 Å². The molecule has 0 saturated heterocycles. The number of hydrogen-bond donors (Lipinski definition) is 0. The van der Waals surface area contributed by atoms with Crippen molar-refractivity contribution in [3.63, 3.8) is 0 Å². The molecule has 2 heterocycles. The highest BCUT2D eigenvalue weighted by Crippen LogP contribution is 2.25. The second-order valence-corrected chi connectivity index (χ2v) is 5.18. The van der Waals surface area contributed by atoms with Gasteiger partial charge in [0.2, 0.25) is 0 Å². The summed E-state index contributed by atoms with van der Waals surface area (Å²) in [5.41, 5.74) is 0. The van der Waals surface area contributed by atoms with Gasteiger partial charge in [0.15, 0.2) is 16.7 Å². The van der Waals surface area contributed by atoms with Crippen molar-refractivity contribution in [1.29, 1.82) is 5.26 Å². The SMILES string of the molecule is CC(C)Cn1c(SCC#N)nnc1-c1ccco1. The molecule has 0 spiro atoms. The van der Waals surface area contributed by atoms with Crippen molar-refractivity contribution >= 4 is 11.8 Å². The van der Waals surface area contributed by atoms with E-state index in [9.17, 15) is 0 Å². The van der Waals surface area contributed by atoms with Crippen LogP contribution in [0, 0.1) is 17.2 Å². The summed E-state index contributed by atoms with van der Waals surface area (Å²) in [7, 11) is 0. The molecule has 0 aromatic carbocycles. The van der Waals surface area contributed by atoms with E-state index in [1.54, 1.807) is 6.26 Å². The minimum Gasteiger partial charge on any atom is -0.461 e. The number of furan rings is 1. The average molecular weight is 262 g/mol. The minimum absolute atomic E-state index is 0.369. The fourth-order valence-electron chi connectivity index (χ4n) is 1.61. The minimum atomic E-state index is 0.369. The lowest BCUT2D eigenvalue weighted by Crippen LogP contribution is -2.07. The topological polar surface area (TPSA) is 67.6 Å². The van der Waals surface area contributed by atoms with E-state index in [4.69, 9.17) is 9.68 Å². The predicted octanol–water partition coefficient (Wildman–Crippen LogP) is 2.81. The van der Waals surface area contributed by atoms with Crippen molar-refractivity contribution in [2.24, 2.45) is 5.92 Å². The van der Waals surface area contributed by atoms with Crippen molar-refractivity contribution in [2.45, 2.75) is 25.5 Å². The van der Waals surface area contributed by atoms with Gasteiger partial charge in [-0.05, 0) is 18.1 Å². The molecular formula is C12H14N4OS. The zero-order valence-electron chi connectivity index (χ0n) is 10.3. The summed E-state index contributed by atoms with van der Waals surface area (Å²) in [6.07, 6.45) is 1.62. The van der Waals surface area contributed by atoms with E-state index in [1.165, 1.54) is 11.8 Å². The summed E-state index contributed by atoms with van der Waals surface area (Å²) in [5, 5.41) is 17.7. The van der Waals surface area contributed by atoms with Crippen LogP contribution in [0.4, 0.5) is 0 Å². The number of thioether (sulfide) groups is 1. The second kappa shape index (κ2) is 5.74. The highest BCUT2D eigenvalue weighted by Gasteiger charge is 2.16. The van der Waals surface area contributed by atoms with E-state index < -0.39 is 0 Å². The number of hydrogen-bond acceptors (Lipinski definition) is 5. The van der Waals surface area contributed by atoms with Gasteiger partial charge in [-0.2, -0.15) is 5.26 Å². The lowest BCUT2D eigenvalue weighted by atomic mass is 10.2. The molecule has 6 heteroatoms. The lowest BCUT2D eigenvalue weighted by Gasteiger charge is -2.10. The van der Waals surface area contributed by atoms with E-state index in [-0.39, 0.29) is 0 Å². The summed E-state index contributed by atoms with van der Waals surface area (Å²) in [5.74, 6) is 2.26. The molecule has 0 fully saturated rings. The Balaban J connectivity index is 2.35. The van der Waals surface area contributed by atoms with Crippen LogP contribution in [0.15, 0.2) is 28.0 Å². The van der Waals surface area contributed by atoms with Crippen LogP contribution in [0.3, 0.4) is 0 Å². The van der Waals surface area contributed by atoms with Gasteiger partial charge in [0.05, 0.1) is 18.1 Å². The smallest absolute Gasteiger partial charge is 0.200 e. The maximum Gasteiger partial charge on any atom is 0.200 e. The summed E-state index contributed by atoms with van der Waals surface area (Å²) in [6, 6.07) is 5.79. The van der Waals surface area contributed by atoms with Gasteiger partial charge in [-0.15, -0.1) is 10.2 Å². The van der Waals surface area contributed by atoms with Gasteiger partial charge >= 0.3 is 0 Å². The number of nitriles is 1. The molecule has 18 heavy (non-hydrogen) atoms. The van der Waals surface area contributed by atoms with Gasteiger partial charge in [0.25, 0.3) is 0 Å². The number of rotatable bonds is 5. The molecule has 0 bridgehead atoms. The zero-order valence-corrected chi connectivity index (χ0v) is 11.1. The average Bonchev–Trinajstić information content (AvgIpc) is 2.95. The van der Waals surface area contributed by atoms with E-state index in [2.05, 4.69) is 30.1 Å². The first kappa shape index (κ1) is 12.7. The maximum atomic E-state index is 8.64. The van der Waals surface area contributed by atoms with Crippen molar-refractivity contribution in [1.82, 2.24) is 14.8 Å². The van der Waals surface area contributed by atoms with Crippen molar-refractivity contribution in [3.8, 4) is 17.7 Å². The van der Waals surface area contributed by atoms with Crippen LogP contribution in [0.1, 0.15) is 13.8 Å². The van der Waals surface area contributed by atoms with Crippen molar-refractivity contribution < 1.29 is 4.42 Å². The lowest BCUT2D eigenvalue weighted by molar-refractivity contribution is 0.489. The standard InChI is InChI=1S/C12H14N4OS/c1-9(2)8-16-11(10-4-3-6-17-10)14-15-12(16)18-7-5-13/h3-4,6,9H,7-8H2,1-2H3. The Bertz CT molecular complexity index is 539. The Hall–Kier alpha value is -1.74. The molecule has 0 N–H and O–H groups in total. The molecule has 0 atom stereocenters. The third kappa shape index (κ3) is 2.74. The summed E-state index contributed by atoms with van der Waals surface area (Å²) < 4.78 is 7.37. The molecule has 0 unspecified atom stereocenters. The van der Waals surface area contributed by atoms with Crippen LogP contribution in [0.25, 0.3) is 11.6 Å². The molecular weight excluding hydrogens is 248 g/mol. The fraction of sp³-hybridized carbons (Fsp3) is 0.417. The fourth-order valence-corrected chi connectivity index (χ4v) is 2.22. The molecule has 0 radical (unpaired) electrons. The monoisotopic (exact) mass is 262 g/mol. The second-order valence-electron chi connectivity index (χ2n) is 4.23. The first-order chi connectivity index (χ1) is 8.72. The van der Waals surface area contributed by atoms with Crippen LogP contribution in [-0.2, 0) is 6.54 Å². The first-order valence-electron chi connectivity index (χ1n) is 5.69. The Labute approximate surface area is 110 Å². The Morgan fingerprint density at radius 2 is 2.33 bits per heavy atom. The largest absolute Gasteiger partial charge is 0.461 e. The molecule has 2 aromatic rings. The molecule has 2 aromatic heterocycles. The summed E-state index contributed by atoms with van der Waals surface area (Å²) in [6.45, 7) is 5.06. The van der Waals surface area contributed by atoms with E-state index in [1.807, 2.05) is 16.7 Å². The van der Waals surface area contributed by atoms with Crippen molar-refractivity contribution in [3.05, 3.63) is 18.4 Å². The Kier molecular flexibility index (Phi) is 4.05. The van der Waals surface area contributed by atoms with Crippen LogP contribution in [0.5, 0.6) is 0 Å². The zero-order chi connectivity index (χ0) is 13.0. The first-order valence-corrected chi connectivity index (χ1v) is 6.67. The quantitative estimate of drug-likeness (QED) is 0.775. The Morgan fingerprint density at radius 3 is 2.94 bits per heavy atom. The molecule has 2 rings (SSSR count). The van der Waals surface area contributed by atoms with Gasteiger partial charge in [0, 0.05) is 6.54 Å². The van der Waals surface area contributed by atoms with Crippen molar-refractivity contribution in [2.75, 3.05) is 5.75 Å². The third-order valence-electron chi connectivity index (χ3n) is 2.27. The third-order valence-corrected chi connectivity index (χ3v) is 3.11. The van der Waals surface area contributed by atoms with Crippen LogP contribution < -0.4 is 0 Å². The molecule has 5 nitrogen and oxygen atoms in total. The summed E-state index contributed by atoms with van der Waals surface area (Å²) in [4.78, 5) is 0. The highest BCUT2D eigenvalue weighted by molar-refractivity contribution is 7.99. The van der Waals surface area contributed by atoms with Gasteiger partial charge in [-0.3, -0.25) is 4.57 Å². The molecule has 0 aliphatic rings. The highest BCUT2D eigenvalue weighted by atomic mass is 32.2. The predicted molar refractivity (Wildman–Crippen MR) is 68.9 cm³/mol. The number of nitrogens with zero attached hydrogens (tertiary/aromatic N) is 4. The van der Waals surface area contributed by atoms with Gasteiger partial charge < -0.3 is 4.42 Å². The maximum absolute atomic E-state index is 8.64. The van der Waals surface area contributed by atoms with E-state index >= 15 is 0 Å². The van der Waals surface area contributed by atoms with Gasteiger partial charge in [-0.25, -0.2) is 0 Å². The van der Waals surface area contributed by atoms with E-state index in [0.29, 0.717) is 23.3 Å². The Morgan fingerprint density at radius 1 is 1.50 bits per heavy atom.